The van der Waals surface area contributed by atoms with Crippen molar-refractivity contribution in [2.45, 2.75) is 11.4 Å². The third kappa shape index (κ3) is 5.45. The number of nitrogens with zero attached hydrogens (tertiary/aromatic N) is 1. The largest absolute Gasteiger partial charge is 0.481 e. The van der Waals surface area contributed by atoms with Crippen LogP contribution in [0.15, 0.2) is 53.7 Å². The molecule has 1 aromatic carbocycles. The van der Waals surface area contributed by atoms with Crippen molar-refractivity contribution in [2.24, 2.45) is 0 Å². The van der Waals surface area contributed by atoms with Crippen LogP contribution >= 0.6 is 11.8 Å². The number of benzene rings is 1. The van der Waals surface area contributed by atoms with Gasteiger partial charge in [-0.05, 0) is 24.3 Å². The lowest BCUT2D eigenvalue weighted by Gasteiger charge is -2.08. The maximum absolute atomic E-state index is 11.9. The van der Waals surface area contributed by atoms with E-state index in [1.165, 1.54) is 11.8 Å². The highest BCUT2D eigenvalue weighted by atomic mass is 32.2. The number of amides is 2. The molecular weight excluding hydrogens is 302 g/mol. The molecule has 0 aliphatic heterocycles. The van der Waals surface area contributed by atoms with Crippen LogP contribution in [0, 0.1) is 0 Å². The topological polar surface area (TPSA) is 91.3 Å². The Hall–Kier alpha value is -2.54. The molecule has 3 N–H and O–H groups in total. The van der Waals surface area contributed by atoms with Crippen molar-refractivity contribution in [2.75, 3.05) is 16.4 Å². The minimum atomic E-state index is -0.844. The Kier molecular flexibility index (Phi) is 5.79. The van der Waals surface area contributed by atoms with E-state index in [0.717, 1.165) is 0 Å². The average molecular weight is 317 g/mol. The van der Waals surface area contributed by atoms with E-state index in [9.17, 15) is 9.59 Å². The maximum Gasteiger partial charge on any atom is 0.323 e. The highest BCUT2D eigenvalue weighted by Gasteiger charge is 2.05. The number of hydrogen-bond donors (Lipinski definition) is 3. The molecule has 6 nitrogen and oxygen atoms in total. The molecule has 0 radical (unpaired) electrons. The summed E-state index contributed by atoms with van der Waals surface area (Å²) in [5.41, 5.74) is 1.30. The number of hydrogen-bond acceptors (Lipinski definition) is 4. The van der Waals surface area contributed by atoms with Crippen LogP contribution in [0.25, 0.3) is 0 Å². The number of aliphatic carboxylic acids is 1. The van der Waals surface area contributed by atoms with E-state index >= 15 is 0 Å². The van der Waals surface area contributed by atoms with Gasteiger partial charge < -0.3 is 15.7 Å². The summed E-state index contributed by atoms with van der Waals surface area (Å²) in [6.07, 6.45) is 1.64. The van der Waals surface area contributed by atoms with Gasteiger partial charge in [-0.15, -0.1) is 11.8 Å². The van der Waals surface area contributed by atoms with Gasteiger partial charge >= 0.3 is 12.0 Å². The van der Waals surface area contributed by atoms with E-state index in [4.69, 9.17) is 5.11 Å². The molecule has 2 rings (SSSR count). The standard InChI is InChI=1S/C15H15N3O3S/c19-14(20)7-9-22-13-10-12(6-8-16-13)18-15(21)17-11-4-2-1-3-5-11/h1-6,8,10H,7,9H2,(H,19,20)(H2,16,17,18,21). The van der Waals surface area contributed by atoms with Gasteiger partial charge in [0.1, 0.15) is 0 Å². The predicted molar refractivity (Wildman–Crippen MR) is 86.3 cm³/mol. The molecule has 1 aromatic heterocycles. The summed E-state index contributed by atoms with van der Waals surface area (Å²) in [7, 11) is 0. The van der Waals surface area contributed by atoms with Crippen molar-refractivity contribution in [3.8, 4) is 0 Å². The first-order valence-electron chi connectivity index (χ1n) is 6.57. The van der Waals surface area contributed by atoms with Gasteiger partial charge in [0.15, 0.2) is 0 Å². The Morgan fingerprint density at radius 3 is 2.55 bits per heavy atom. The molecule has 0 bridgehead atoms. The highest BCUT2D eigenvalue weighted by molar-refractivity contribution is 7.99. The zero-order valence-electron chi connectivity index (χ0n) is 11.7. The van der Waals surface area contributed by atoms with Crippen LogP contribution in [-0.2, 0) is 4.79 Å². The third-order valence-electron chi connectivity index (χ3n) is 2.59. The summed E-state index contributed by atoms with van der Waals surface area (Å²) in [4.78, 5) is 26.5. The minimum absolute atomic E-state index is 0.0680. The second-order valence-corrected chi connectivity index (χ2v) is 5.44. The average Bonchev–Trinajstić information content (AvgIpc) is 2.48. The number of urea groups is 1. The lowest BCUT2D eigenvalue weighted by Crippen LogP contribution is -2.19. The fourth-order valence-electron chi connectivity index (χ4n) is 1.62. The number of anilines is 2. The Labute approximate surface area is 132 Å². The van der Waals surface area contributed by atoms with Gasteiger partial charge in [0.2, 0.25) is 0 Å². The molecule has 0 aliphatic carbocycles. The number of aromatic nitrogens is 1. The Morgan fingerprint density at radius 2 is 1.82 bits per heavy atom. The van der Waals surface area contributed by atoms with E-state index in [1.807, 2.05) is 18.2 Å². The quantitative estimate of drug-likeness (QED) is 0.711. The van der Waals surface area contributed by atoms with E-state index in [1.54, 1.807) is 30.5 Å². The fourth-order valence-corrected chi connectivity index (χ4v) is 2.46. The number of carbonyl (C=O) groups is 2. The summed E-state index contributed by atoms with van der Waals surface area (Å²) in [6, 6.07) is 12.1. The van der Waals surface area contributed by atoms with Crippen LogP contribution in [0.2, 0.25) is 0 Å². The van der Waals surface area contributed by atoms with E-state index < -0.39 is 5.97 Å². The van der Waals surface area contributed by atoms with Crippen molar-refractivity contribution in [3.63, 3.8) is 0 Å². The first-order valence-corrected chi connectivity index (χ1v) is 7.56. The number of pyridine rings is 1. The normalized spacial score (nSPS) is 10.0. The van der Waals surface area contributed by atoms with Crippen molar-refractivity contribution < 1.29 is 14.7 Å². The Balaban J connectivity index is 1.89. The van der Waals surface area contributed by atoms with Crippen LogP contribution < -0.4 is 10.6 Å². The van der Waals surface area contributed by atoms with Crippen LogP contribution in [-0.4, -0.2) is 27.8 Å². The van der Waals surface area contributed by atoms with Crippen LogP contribution in [0.3, 0.4) is 0 Å². The summed E-state index contributed by atoms with van der Waals surface area (Å²) in [5, 5.41) is 14.7. The molecular formula is C15H15N3O3S. The Bertz CT molecular complexity index is 649. The predicted octanol–water partition coefficient (Wildman–Crippen LogP) is 3.29. The number of carboxylic acid groups (broad SMARTS) is 1. The van der Waals surface area contributed by atoms with Gasteiger partial charge in [-0.2, -0.15) is 0 Å². The lowest BCUT2D eigenvalue weighted by atomic mass is 10.3. The molecule has 114 valence electrons. The molecule has 0 unspecified atom stereocenters. The number of carbonyl (C=O) groups excluding carboxylic acids is 1. The molecule has 0 aliphatic rings. The molecule has 0 saturated heterocycles. The highest BCUT2D eigenvalue weighted by Crippen LogP contribution is 2.19. The van der Waals surface area contributed by atoms with Crippen molar-refractivity contribution in [1.82, 2.24) is 4.98 Å². The maximum atomic E-state index is 11.9. The fraction of sp³-hybridized carbons (Fsp3) is 0.133. The lowest BCUT2D eigenvalue weighted by molar-refractivity contribution is -0.136. The SMILES string of the molecule is O=C(O)CCSc1cc(NC(=O)Nc2ccccc2)ccn1. The smallest absolute Gasteiger partial charge is 0.323 e. The van der Waals surface area contributed by atoms with Gasteiger partial charge in [0.25, 0.3) is 0 Å². The number of nitrogens with one attached hydrogen (secondary N) is 2. The summed E-state index contributed by atoms with van der Waals surface area (Å²) >= 11 is 1.33. The van der Waals surface area contributed by atoms with Crippen molar-refractivity contribution in [1.29, 1.82) is 0 Å². The van der Waals surface area contributed by atoms with Crippen LogP contribution in [0.5, 0.6) is 0 Å². The van der Waals surface area contributed by atoms with Gasteiger partial charge in [-0.25, -0.2) is 9.78 Å². The second-order valence-electron chi connectivity index (χ2n) is 4.32. The van der Waals surface area contributed by atoms with Gasteiger partial charge in [0.05, 0.1) is 11.4 Å². The number of thioether (sulfide) groups is 1. The van der Waals surface area contributed by atoms with E-state index in [2.05, 4.69) is 15.6 Å². The van der Waals surface area contributed by atoms with Gasteiger partial charge in [0, 0.05) is 23.3 Å². The van der Waals surface area contributed by atoms with Gasteiger partial charge in [-0.3, -0.25) is 4.79 Å². The van der Waals surface area contributed by atoms with Crippen molar-refractivity contribution in [3.05, 3.63) is 48.7 Å². The molecule has 0 fully saturated rings. The summed E-state index contributed by atoms with van der Waals surface area (Å²) < 4.78 is 0. The monoisotopic (exact) mass is 317 g/mol. The summed E-state index contributed by atoms with van der Waals surface area (Å²) in [6.45, 7) is 0. The zero-order chi connectivity index (χ0) is 15.8. The molecule has 2 amide bonds. The number of rotatable bonds is 6. The molecule has 0 atom stereocenters. The second kappa shape index (κ2) is 8.04. The number of carboxylic acids is 1. The minimum Gasteiger partial charge on any atom is -0.481 e. The molecule has 22 heavy (non-hydrogen) atoms. The molecule has 1 heterocycles. The molecule has 7 heteroatoms. The number of para-hydroxylation sites is 1. The molecule has 0 spiro atoms. The van der Waals surface area contributed by atoms with E-state index in [-0.39, 0.29) is 12.5 Å². The van der Waals surface area contributed by atoms with Gasteiger partial charge in [-0.1, -0.05) is 18.2 Å². The van der Waals surface area contributed by atoms with E-state index in [0.29, 0.717) is 22.2 Å². The van der Waals surface area contributed by atoms with Crippen molar-refractivity contribution >= 4 is 35.1 Å². The first kappa shape index (κ1) is 15.8. The third-order valence-corrected chi connectivity index (χ3v) is 3.52. The van der Waals surface area contributed by atoms with Crippen LogP contribution in [0.1, 0.15) is 6.42 Å². The molecule has 0 saturated carbocycles. The first-order chi connectivity index (χ1) is 10.6. The zero-order valence-corrected chi connectivity index (χ0v) is 12.5. The van der Waals surface area contributed by atoms with Crippen LogP contribution in [0.4, 0.5) is 16.2 Å². The Morgan fingerprint density at radius 1 is 1.09 bits per heavy atom. The molecule has 2 aromatic rings. The summed E-state index contributed by atoms with van der Waals surface area (Å²) in [5.74, 6) is -0.411.